The monoisotopic (exact) mass is 540 g/mol. The molecule has 188 valence electrons. The van der Waals surface area contributed by atoms with E-state index in [4.69, 9.17) is 37.8 Å². The lowest BCUT2D eigenvalue weighted by Gasteiger charge is -2.27. The maximum atomic E-state index is 13.1. The Kier molecular flexibility index (Phi) is 7.47. The number of methoxy groups -OCH3 is 1. The van der Waals surface area contributed by atoms with Gasteiger partial charge in [-0.1, -0.05) is 47.5 Å². The molecular formula is C26H18Cl2N2O7. The summed E-state index contributed by atoms with van der Waals surface area (Å²) >= 11 is 12.2. The van der Waals surface area contributed by atoms with Crippen molar-refractivity contribution in [1.82, 2.24) is 5.32 Å². The van der Waals surface area contributed by atoms with Gasteiger partial charge in [0.25, 0.3) is 11.8 Å². The van der Waals surface area contributed by atoms with Crippen molar-refractivity contribution in [3.05, 3.63) is 93.0 Å². The van der Waals surface area contributed by atoms with Gasteiger partial charge in [0.15, 0.2) is 11.5 Å². The number of carboxylic acids is 1. The van der Waals surface area contributed by atoms with Gasteiger partial charge in [0.2, 0.25) is 0 Å². The van der Waals surface area contributed by atoms with E-state index in [1.807, 2.05) is 0 Å². The molecule has 2 N–H and O–H groups in total. The van der Waals surface area contributed by atoms with Crippen molar-refractivity contribution < 1.29 is 33.8 Å². The summed E-state index contributed by atoms with van der Waals surface area (Å²) in [5.41, 5.74) is 0.918. The van der Waals surface area contributed by atoms with Crippen LogP contribution in [0.15, 0.2) is 66.2 Å². The molecule has 0 aliphatic carbocycles. The van der Waals surface area contributed by atoms with E-state index in [1.165, 1.54) is 43.5 Å². The minimum absolute atomic E-state index is 0.0153. The van der Waals surface area contributed by atoms with Gasteiger partial charge in [0, 0.05) is 0 Å². The second-order valence-corrected chi connectivity index (χ2v) is 8.52. The number of amides is 4. The van der Waals surface area contributed by atoms with Crippen molar-refractivity contribution in [2.45, 2.75) is 6.61 Å². The van der Waals surface area contributed by atoms with Gasteiger partial charge >= 0.3 is 12.0 Å². The van der Waals surface area contributed by atoms with Crippen LogP contribution in [-0.4, -0.2) is 36.0 Å². The quantitative estimate of drug-likeness (QED) is 0.321. The van der Waals surface area contributed by atoms with Crippen molar-refractivity contribution in [2.24, 2.45) is 0 Å². The van der Waals surface area contributed by atoms with Crippen LogP contribution in [0.2, 0.25) is 10.0 Å². The number of rotatable bonds is 7. The Balaban J connectivity index is 1.60. The van der Waals surface area contributed by atoms with Gasteiger partial charge in [-0.15, -0.1) is 0 Å². The van der Waals surface area contributed by atoms with Gasteiger partial charge in [-0.05, 0) is 53.6 Å². The molecule has 1 fully saturated rings. The lowest BCUT2D eigenvalue weighted by molar-refractivity contribution is -0.122. The standard InChI is InChI=1S/C26H18Cl2N2O7/c1-36-21-12-14(8-9-20(21)37-13-15-4-2-5-16(10-15)25(33)34)11-17-23(31)29-26(35)30(24(17)32)19-7-3-6-18(27)22(19)28/h2-12H,13H2,1H3,(H,33,34)(H,29,31,35)/b17-11+. The molecule has 1 aliphatic rings. The molecule has 4 rings (SSSR count). The summed E-state index contributed by atoms with van der Waals surface area (Å²) in [5, 5.41) is 11.4. The van der Waals surface area contributed by atoms with Crippen molar-refractivity contribution in [2.75, 3.05) is 12.0 Å². The summed E-state index contributed by atoms with van der Waals surface area (Å²) in [7, 11) is 1.42. The van der Waals surface area contributed by atoms with Crippen LogP contribution < -0.4 is 19.7 Å². The molecule has 9 nitrogen and oxygen atoms in total. The van der Waals surface area contributed by atoms with Gasteiger partial charge in [-0.25, -0.2) is 14.5 Å². The molecule has 11 heteroatoms. The Bertz CT molecular complexity index is 1470. The van der Waals surface area contributed by atoms with Gasteiger partial charge in [-0.2, -0.15) is 0 Å². The van der Waals surface area contributed by atoms with Crippen LogP contribution in [0, 0.1) is 0 Å². The number of halogens is 2. The summed E-state index contributed by atoms with van der Waals surface area (Å²) in [4.78, 5) is 50.0. The molecule has 3 aromatic carbocycles. The highest BCUT2D eigenvalue weighted by atomic mass is 35.5. The first-order chi connectivity index (χ1) is 17.7. The summed E-state index contributed by atoms with van der Waals surface area (Å²) in [6.07, 6.45) is 1.30. The molecule has 0 aromatic heterocycles. The molecular weight excluding hydrogens is 523 g/mol. The summed E-state index contributed by atoms with van der Waals surface area (Å²) < 4.78 is 11.2. The number of barbiturate groups is 1. The first-order valence-corrected chi connectivity index (χ1v) is 11.4. The molecule has 37 heavy (non-hydrogen) atoms. The van der Waals surface area contributed by atoms with Crippen LogP contribution in [0.3, 0.4) is 0 Å². The summed E-state index contributed by atoms with van der Waals surface area (Å²) in [6, 6.07) is 14.5. The molecule has 4 amide bonds. The van der Waals surface area contributed by atoms with Crippen LogP contribution in [0.25, 0.3) is 6.08 Å². The number of carbonyl (C=O) groups excluding carboxylic acids is 3. The third-order valence-electron chi connectivity index (χ3n) is 5.34. The fraction of sp³-hybridized carbons (Fsp3) is 0.0769. The number of carboxylic acid groups (broad SMARTS) is 1. The number of nitrogens with zero attached hydrogens (tertiary/aromatic N) is 1. The number of benzene rings is 3. The number of ether oxygens (including phenoxy) is 2. The van der Waals surface area contributed by atoms with E-state index < -0.39 is 23.8 Å². The minimum Gasteiger partial charge on any atom is -0.493 e. The predicted molar refractivity (Wildman–Crippen MR) is 136 cm³/mol. The minimum atomic E-state index is -1.05. The fourth-order valence-electron chi connectivity index (χ4n) is 3.56. The predicted octanol–water partition coefficient (Wildman–Crippen LogP) is 4.95. The molecule has 0 bridgehead atoms. The average molecular weight is 541 g/mol. The zero-order valence-electron chi connectivity index (χ0n) is 19.2. The Labute approximate surface area is 220 Å². The van der Waals surface area contributed by atoms with Gasteiger partial charge < -0.3 is 14.6 Å². The summed E-state index contributed by atoms with van der Waals surface area (Å²) in [5.74, 6) is -2.14. The van der Waals surface area contributed by atoms with Crippen LogP contribution in [0.4, 0.5) is 10.5 Å². The van der Waals surface area contributed by atoms with E-state index in [-0.39, 0.29) is 33.5 Å². The SMILES string of the molecule is COc1cc(/C=C2\C(=O)NC(=O)N(c3cccc(Cl)c3Cl)C2=O)ccc1OCc1cccc(C(=O)O)c1. The van der Waals surface area contributed by atoms with E-state index in [9.17, 15) is 19.2 Å². The van der Waals surface area contributed by atoms with E-state index >= 15 is 0 Å². The van der Waals surface area contributed by atoms with E-state index in [0.717, 1.165) is 4.90 Å². The van der Waals surface area contributed by atoms with Gasteiger partial charge in [-0.3, -0.25) is 14.9 Å². The number of carbonyl (C=O) groups is 4. The number of imide groups is 2. The first kappa shape index (κ1) is 25.7. The number of nitrogens with one attached hydrogen (secondary N) is 1. The van der Waals surface area contributed by atoms with Crippen molar-refractivity contribution in [3.63, 3.8) is 0 Å². The second kappa shape index (κ2) is 10.7. The van der Waals surface area contributed by atoms with Gasteiger partial charge in [0.05, 0.1) is 28.4 Å². The Morgan fingerprint density at radius 1 is 1.03 bits per heavy atom. The van der Waals surface area contributed by atoms with Crippen LogP contribution in [0.1, 0.15) is 21.5 Å². The molecule has 0 saturated carbocycles. The molecule has 3 aromatic rings. The number of urea groups is 1. The lowest BCUT2D eigenvalue weighted by Crippen LogP contribution is -2.54. The fourth-order valence-corrected chi connectivity index (χ4v) is 3.94. The molecule has 0 radical (unpaired) electrons. The Morgan fingerprint density at radius 2 is 1.78 bits per heavy atom. The maximum Gasteiger partial charge on any atom is 0.336 e. The largest absolute Gasteiger partial charge is 0.493 e. The zero-order chi connectivity index (χ0) is 26.7. The highest BCUT2D eigenvalue weighted by Gasteiger charge is 2.38. The topological polar surface area (TPSA) is 122 Å². The van der Waals surface area contributed by atoms with E-state index in [0.29, 0.717) is 22.6 Å². The van der Waals surface area contributed by atoms with Crippen molar-refractivity contribution in [1.29, 1.82) is 0 Å². The third kappa shape index (κ3) is 5.42. The van der Waals surface area contributed by atoms with E-state index in [2.05, 4.69) is 5.32 Å². The van der Waals surface area contributed by atoms with Gasteiger partial charge in [0.1, 0.15) is 12.2 Å². The normalized spacial score (nSPS) is 14.5. The van der Waals surface area contributed by atoms with Crippen molar-refractivity contribution >= 4 is 58.8 Å². The number of hydrogen-bond acceptors (Lipinski definition) is 6. The first-order valence-electron chi connectivity index (χ1n) is 10.7. The highest BCUT2D eigenvalue weighted by Crippen LogP contribution is 2.35. The molecule has 1 heterocycles. The average Bonchev–Trinajstić information content (AvgIpc) is 2.88. The highest BCUT2D eigenvalue weighted by molar-refractivity contribution is 6.46. The summed E-state index contributed by atoms with van der Waals surface area (Å²) in [6.45, 7) is 0.0796. The van der Waals surface area contributed by atoms with E-state index in [1.54, 1.807) is 30.3 Å². The molecule has 0 spiro atoms. The molecule has 0 unspecified atom stereocenters. The lowest BCUT2D eigenvalue weighted by atomic mass is 10.1. The van der Waals surface area contributed by atoms with Crippen LogP contribution >= 0.6 is 23.2 Å². The second-order valence-electron chi connectivity index (χ2n) is 7.74. The number of aromatic carboxylic acids is 1. The maximum absolute atomic E-state index is 13.1. The smallest absolute Gasteiger partial charge is 0.336 e. The number of anilines is 1. The zero-order valence-corrected chi connectivity index (χ0v) is 20.7. The Hall–Kier alpha value is -4.34. The van der Waals surface area contributed by atoms with Crippen molar-refractivity contribution in [3.8, 4) is 11.5 Å². The third-order valence-corrected chi connectivity index (χ3v) is 6.15. The van der Waals surface area contributed by atoms with Crippen LogP contribution in [0.5, 0.6) is 11.5 Å². The molecule has 1 saturated heterocycles. The number of hydrogen-bond donors (Lipinski definition) is 2. The van der Waals surface area contributed by atoms with Crippen LogP contribution in [-0.2, 0) is 16.2 Å². The molecule has 0 atom stereocenters. The Morgan fingerprint density at radius 3 is 2.51 bits per heavy atom. The molecule has 1 aliphatic heterocycles.